The zero-order chi connectivity index (χ0) is 21.5. The van der Waals surface area contributed by atoms with Crippen LogP contribution in [-0.4, -0.2) is 59.8 Å². The predicted octanol–water partition coefficient (Wildman–Crippen LogP) is 2.84. The number of fused-ring (bicyclic) bond motifs is 3. The summed E-state index contributed by atoms with van der Waals surface area (Å²) in [5, 5.41) is 12.4. The second-order valence-electron chi connectivity index (χ2n) is 8.75. The molecule has 1 saturated heterocycles. The number of hydrogen-bond donors (Lipinski definition) is 1. The Morgan fingerprint density at radius 2 is 1.77 bits per heavy atom. The smallest absolute Gasteiger partial charge is 0.243 e. The minimum Gasteiger partial charge on any atom is -0.353 e. The third-order valence-corrected chi connectivity index (χ3v) is 7.25. The largest absolute Gasteiger partial charge is 0.353 e. The van der Waals surface area contributed by atoms with Crippen molar-refractivity contribution in [1.29, 1.82) is 0 Å². The van der Waals surface area contributed by atoms with Gasteiger partial charge in [0.15, 0.2) is 5.16 Å². The number of imidazole rings is 1. The summed E-state index contributed by atoms with van der Waals surface area (Å²) in [6.45, 7) is 4.50. The molecule has 164 valence electrons. The molecule has 0 radical (unpaired) electrons. The van der Waals surface area contributed by atoms with Crippen molar-refractivity contribution in [2.24, 2.45) is 0 Å². The third-order valence-electron chi connectivity index (χ3n) is 6.32. The highest BCUT2D eigenvalue weighted by Gasteiger charge is 2.30. The van der Waals surface area contributed by atoms with Crippen LogP contribution in [0, 0.1) is 0 Å². The molecule has 3 aromatic rings. The number of carbonyl (C=O) groups is 2. The van der Waals surface area contributed by atoms with Crippen LogP contribution in [0.4, 0.5) is 0 Å². The molecule has 3 heterocycles. The fourth-order valence-electron chi connectivity index (χ4n) is 4.64. The predicted molar refractivity (Wildman–Crippen MR) is 120 cm³/mol. The first kappa shape index (κ1) is 20.4. The summed E-state index contributed by atoms with van der Waals surface area (Å²) < 4.78 is 3.91. The van der Waals surface area contributed by atoms with Crippen molar-refractivity contribution in [2.45, 2.75) is 75.8 Å². The summed E-state index contributed by atoms with van der Waals surface area (Å²) in [6, 6.07) is 8.81. The highest BCUT2D eigenvalue weighted by atomic mass is 32.2. The number of rotatable bonds is 6. The molecule has 2 aromatic heterocycles. The van der Waals surface area contributed by atoms with Gasteiger partial charge in [0.1, 0.15) is 6.54 Å². The maximum atomic E-state index is 13.3. The second kappa shape index (κ2) is 8.18. The normalized spacial score (nSPS) is 21.7. The summed E-state index contributed by atoms with van der Waals surface area (Å²) >= 11 is 1.38. The lowest BCUT2D eigenvalue weighted by atomic mass is 9.97. The molecule has 0 spiro atoms. The molecule has 5 rings (SSSR count). The van der Waals surface area contributed by atoms with Crippen LogP contribution < -0.4 is 5.32 Å². The summed E-state index contributed by atoms with van der Waals surface area (Å²) in [7, 11) is 0. The molecule has 2 amide bonds. The monoisotopic (exact) mass is 440 g/mol. The standard InChI is InChI=1S/C22H28N6O2S/c1-14-6-5-7-15(2)27(14)20(30)12-26-17-8-3-4-9-18(17)28-21(26)24-25-22(28)31-13-19(29)23-16-10-11-16/h3-4,8-9,14-16H,5-7,10-13H2,1-2H3,(H,23,29)/t14-,15-/m0/s1. The topological polar surface area (TPSA) is 84.5 Å². The molecule has 1 saturated carbocycles. The van der Waals surface area contributed by atoms with E-state index >= 15 is 0 Å². The van der Waals surface area contributed by atoms with Gasteiger partial charge in [-0.25, -0.2) is 0 Å². The van der Waals surface area contributed by atoms with E-state index in [1.165, 1.54) is 18.2 Å². The lowest BCUT2D eigenvalue weighted by Crippen LogP contribution is -2.48. The maximum Gasteiger partial charge on any atom is 0.243 e. The summed E-state index contributed by atoms with van der Waals surface area (Å²) in [5.41, 5.74) is 1.89. The van der Waals surface area contributed by atoms with E-state index in [0.717, 1.165) is 36.7 Å². The molecule has 8 nitrogen and oxygen atoms in total. The highest BCUT2D eigenvalue weighted by molar-refractivity contribution is 7.99. The molecule has 1 N–H and O–H groups in total. The van der Waals surface area contributed by atoms with E-state index in [2.05, 4.69) is 29.4 Å². The van der Waals surface area contributed by atoms with Crippen molar-refractivity contribution in [3.63, 3.8) is 0 Å². The van der Waals surface area contributed by atoms with Gasteiger partial charge in [-0.2, -0.15) is 0 Å². The molecule has 2 atom stereocenters. The lowest BCUT2D eigenvalue weighted by molar-refractivity contribution is -0.137. The van der Waals surface area contributed by atoms with Crippen LogP contribution in [0.5, 0.6) is 0 Å². The molecule has 0 unspecified atom stereocenters. The van der Waals surface area contributed by atoms with Crippen LogP contribution in [0.15, 0.2) is 29.4 Å². The first-order valence-corrected chi connectivity index (χ1v) is 12.1. The van der Waals surface area contributed by atoms with Crippen LogP contribution in [0.1, 0.15) is 46.0 Å². The van der Waals surface area contributed by atoms with E-state index in [9.17, 15) is 9.59 Å². The summed E-state index contributed by atoms with van der Waals surface area (Å²) in [5.74, 6) is 1.08. The zero-order valence-corrected chi connectivity index (χ0v) is 18.8. The number of aromatic nitrogens is 4. The van der Waals surface area contributed by atoms with Crippen molar-refractivity contribution >= 4 is 40.4 Å². The first-order chi connectivity index (χ1) is 15.0. The fourth-order valence-corrected chi connectivity index (χ4v) is 5.39. The molecule has 2 aliphatic rings. The molecular weight excluding hydrogens is 412 g/mol. The number of hydrogen-bond acceptors (Lipinski definition) is 5. The van der Waals surface area contributed by atoms with Gasteiger partial charge in [0, 0.05) is 18.1 Å². The van der Waals surface area contributed by atoms with Crippen LogP contribution in [0.3, 0.4) is 0 Å². The van der Waals surface area contributed by atoms with Crippen LogP contribution >= 0.6 is 11.8 Å². The van der Waals surface area contributed by atoms with Gasteiger partial charge in [0.05, 0.1) is 16.8 Å². The molecular formula is C22H28N6O2S. The fraction of sp³-hybridized carbons (Fsp3) is 0.545. The van der Waals surface area contributed by atoms with Gasteiger partial charge in [0.25, 0.3) is 0 Å². The number of piperidine rings is 1. The van der Waals surface area contributed by atoms with Crippen LogP contribution in [-0.2, 0) is 16.1 Å². The van der Waals surface area contributed by atoms with E-state index in [0.29, 0.717) is 22.7 Å². The Bertz CT molecular complexity index is 1120. The van der Waals surface area contributed by atoms with Crippen LogP contribution in [0.25, 0.3) is 16.8 Å². The van der Waals surface area contributed by atoms with Crippen LogP contribution in [0.2, 0.25) is 0 Å². The summed E-state index contributed by atoms with van der Waals surface area (Å²) in [4.78, 5) is 27.5. The van der Waals surface area contributed by atoms with E-state index < -0.39 is 0 Å². The van der Waals surface area contributed by atoms with E-state index in [1.54, 1.807) is 0 Å². The molecule has 9 heteroatoms. The number of thioether (sulfide) groups is 1. The number of amides is 2. The van der Waals surface area contributed by atoms with Crippen molar-refractivity contribution in [3.05, 3.63) is 24.3 Å². The number of likely N-dealkylation sites (tertiary alicyclic amines) is 1. The maximum absolute atomic E-state index is 13.3. The van der Waals surface area contributed by atoms with Gasteiger partial charge in [-0.3, -0.25) is 18.6 Å². The lowest BCUT2D eigenvalue weighted by Gasteiger charge is -2.39. The molecule has 1 aliphatic carbocycles. The van der Waals surface area contributed by atoms with Crippen molar-refractivity contribution in [1.82, 2.24) is 29.4 Å². The quantitative estimate of drug-likeness (QED) is 0.596. The SMILES string of the molecule is C[C@H]1CCC[C@H](C)N1C(=O)Cn1c2ccccc2n2c(SCC(=O)NC3CC3)nnc12. The first-order valence-electron chi connectivity index (χ1n) is 11.1. The minimum absolute atomic E-state index is 0.0243. The minimum atomic E-state index is 0.0243. The Balaban J connectivity index is 1.44. The van der Waals surface area contributed by atoms with Gasteiger partial charge in [-0.05, 0) is 58.1 Å². The van der Waals surface area contributed by atoms with Crippen molar-refractivity contribution < 1.29 is 9.59 Å². The second-order valence-corrected chi connectivity index (χ2v) is 9.70. The number of nitrogens with one attached hydrogen (secondary N) is 1. The van der Waals surface area contributed by atoms with Gasteiger partial charge in [-0.1, -0.05) is 23.9 Å². The van der Waals surface area contributed by atoms with Gasteiger partial charge in [0.2, 0.25) is 17.6 Å². The Kier molecular flexibility index (Phi) is 5.37. The molecule has 1 aromatic carbocycles. The number of benzene rings is 1. The van der Waals surface area contributed by atoms with Crippen molar-refractivity contribution in [3.8, 4) is 0 Å². The van der Waals surface area contributed by atoms with Crippen molar-refractivity contribution in [2.75, 3.05) is 5.75 Å². The molecule has 2 fully saturated rings. The average Bonchev–Trinajstić information content (AvgIpc) is 3.37. The number of carbonyl (C=O) groups excluding carboxylic acids is 2. The molecule has 31 heavy (non-hydrogen) atoms. The van der Waals surface area contributed by atoms with E-state index in [-0.39, 0.29) is 30.4 Å². The van der Waals surface area contributed by atoms with Gasteiger partial charge >= 0.3 is 0 Å². The van der Waals surface area contributed by atoms with E-state index in [4.69, 9.17) is 0 Å². The Hall–Kier alpha value is -2.55. The van der Waals surface area contributed by atoms with Gasteiger partial charge in [-0.15, -0.1) is 10.2 Å². The molecule has 0 bridgehead atoms. The average molecular weight is 441 g/mol. The van der Waals surface area contributed by atoms with Gasteiger partial charge < -0.3 is 10.2 Å². The Morgan fingerprint density at radius 3 is 2.48 bits per heavy atom. The number of nitrogens with zero attached hydrogens (tertiary/aromatic N) is 5. The third kappa shape index (κ3) is 3.91. The number of para-hydroxylation sites is 2. The summed E-state index contributed by atoms with van der Waals surface area (Å²) in [6.07, 6.45) is 5.41. The van der Waals surface area contributed by atoms with E-state index in [1.807, 2.05) is 38.1 Å². The molecule has 1 aliphatic heterocycles. The highest BCUT2D eigenvalue weighted by Crippen LogP contribution is 2.28. The Labute approximate surface area is 185 Å². The zero-order valence-electron chi connectivity index (χ0n) is 18.0. The Morgan fingerprint density at radius 1 is 1.06 bits per heavy atom.